The summed E-state index contributed by atoms with van der Waals surface area (Å²) in [6, 6.07) is 7.86. The summed E-state index contributed by atoms with van der Waals surface area (Å²) in [5, 5.41) is 6.43. The Labute approximate surface area is 145 Å². The molecule has 0 unspecified atom stereocenters. The van der Waals surface area contributed by atoms with Gasteiger partial charge in [0.25, 0.3) is 0 Å². The molecule has 2 amide bonds. The van der Waals surface area contributed by atoms with E-state index in [0.29, 0.717) is 17.6 Å². The number of para-hydroxylation sites is 1. The molecule has 1 aromatic heterocycles. The van der Waals surface area contributed by atoms with Gasteiger partial charge in [0.1, 0.15) is 0 Å². The summed E-state index contributed by atoms with van der Waals surface area (Å²) >= 11 is 1.50. The van der Waals surface area contributed by atoms with Crippen molar-refractivity contribution in [2.45, 2.75) is 19.8 Å². The first-order chi connectivity index (χ1) is 11.6. The maximum atomic E-state index is 12.2. The van der Waals surface area contributed by atoms with Gasteiger partial charge >= 0.3 is 0 Å². The van der Waals surface area contributed by atoms with Crippen LogP contribution in [-0.4, -0.2) is 47.9 Å². The molecule has 0 bridgehead atoms. The zero-order chi connectivity index (χ0) is 16.9. The fourth-order valence-corrected chi connectivity index (χ4v) is 3.81. The second kappa shape index (κ2) is 7.72. The van der Waals surface area contributed by atoms with Gasteiger partial charge in [0.05, 0.1) is 16.8 Å². The number of likely N-dealkylation sites (tertiary alicyclic amines) is 1. The lowest BCUT2D eigenvalue weighted by Gasteiger charge is -2.31. The summed E-state index contributed by atoms with van der Waals surface area (Å²) < 4.78 is 1.08. The fourth-order valence-electron chi connectivity index (χ4n) is 2.92. The topological polar surface area (TPSA) is 74.3 Å². The first-order valence-corrected chi connectivity index (χ1v) is 9.04. The molecule has 1 aliphatic rings. The third kappa shape index (κ3) is 4.52. The maximum Gasteiger partial charge on any atom is 0.240 e. The van der Waals surface area contributed by atoms with Crippen molar-refractivity contribution >= 4 is 38.5 Å². The van der Waals surface area contributed by atoms with Crippen LogP contribution in [-0.2, 0) is 9.59 Å². The first-order valence-electron chi connectivity index (χ1n) is 8.22. The molecule has 2 N–H and O–H groups in total. The number of thiazole rings is 1. The van der Waals surface area contributed by atoms with Crippen LogP contribution in [0.3, 0.4) is 0 Å². The number of benzene rings is 1. The van der Waals surface area contributed by atoms with Crippen LogP contribution in [0.4, 0.5) is 5.13 Å². The van der Waals surface area contributed by atoms with E-state index in [1.165, 1.54) is 11.3 Å². The van der Waals surface area contributed by atoms with E-state index in [1.54, 1.807) is 6.92 Å². The lowest BCUT2D eigenvalue weighted by molar-refractivity contribution is -0.119. The Balaban J connectivity index is 1.45. The third-order valence-electron chi connectivity index (χ3n) is 4.25. The van der Waals surface area contributed by atoms with Gasteiger partial charge in [-0.1, -0.05) is 23.5 Å². The van der Waals surface area contributed by atoms with E-state index >= 15 is 0 Å². The summed E-state index contributed by atoms with van der Waals surface area (Å²) in [5.41, 5.74) is 0.914. The van der Waals surface area contributed by atoms with E-state index in [1.807, 2.05) is 24.3 Å². The van der Waals surface area contributed by atoms with Crippen LogP contribution in [0, 0.1) is 5.92 Å². The van der Waals surface area contributed by atoms with Crippen molar-refractivity contribution in [3.63, 3.8) is 0 Å². The van der Waals surface area contributed by atoms with E-state index in [4.69, 9.17) is 0 Å². The normalized spacial score (nSPS) is 16.2. The van der Waals surface area contributed by atoms with Crippen LogP contribution in [0.2, 0.25) is 0 Å². The lowest BCUT2D eigenvalue weighted by atomic mass is 9.97. The van der Waals surface area contributed by atoms with Gasteiger partial charge in [-0.2, -0.15) is 0 Å². The Kier molecular flexibility index (Phi) is 5.42. The lowest BCUT2D eigenvalue weighted by Crippen LogP contribution is -2.41. The second-order valence-corrected chi connectivity index (χ2v) is 7.22. The van der Waals surface area contributed by atoms with Crippen molar-refractivity contribution in [2.24, 2.45) is 5.92 Å². The molecule has 6 nitrogen and oxygen atoms in total. The smallest absolute Gasteiger partial charge is 0.240 e. The number of nitrogens with zero attached hydrogens (tertiary/aromatic N) is 2. The average Bonchev–Trinajstić information content (AvgIpc) is 2.96. The Bertz CT molecular complexity index is 689. The maximum absolute atomic E-state index is 12.2. The number of aromatic nitrogens is 1. The Morgan fingerprint density at radius 1 is 1.29 bits per heavy atom. The number of amides is 2. The standard InChI is InChI=1S/C17H22N4O2S/c1-12(22)18-10-13-6-8-21(9-7-13)11-16(23)20-17-19-14-4-2-3-5-15(14)24-17/h2-5,13H,6-11H2,1H3,(H,18,22)(H,19,20,23). The predicted molar refractivity (Wildman–Crippen MR) is 96.1 cm³/mol. The largest absolute Gasteiger partial charge is 0.356 e. The highest BCUT2D eigenvalue weighted by molar-refractivity contribution is 7.22. The number of carbonyl (C=O) groups excluding carboxylic acids is 2. The summed E-state index contributed by atoms with van der Waals surface area (Å²) in [7, 11) is 0. The number of fused-ring (bicyclic) bond motifs is 1. The Morgan fingerprint density at radius 2 is 2.04 bits per heavy atom. The molecular formula is C17H22N4O2S. The van der Waals surface area contributed by atoms with Crippen molar-refractivity contribution in [1.82, 2.24) is 15.2 Å². The molecule has 24 heavy (non-hydrogen) atoms. The number of nitrogens with one attached hydrogen (secondary N) is 2. The molecule has 1 aromatic carbocycles. The molecule has 1 aliphatic heterocycles. The van der Waals surface area contributed by atoms with Crippen LogP contribution >= 0.6 is 11.3 Å². The first kappa shape index (κ1) is 16.9. The number of rotatable bonds is 5. The van der Waals surface area contributed by atoms with Gasteiger partial charge in [-0.15, -0.1) is 0 Å². The number of carbonyl (C=O) groups is 2. The van der Waals surface area contributed by atoms with E-state index in [9.17, 15) is 9.59 Å². The molecule has 0 spiro atoms. The number of piperidine rings is 1. The van der Waals surface area contributed by atoms with Crippen LogP contribution in [0.1, 0.15) is 19.8 Å². The predicted octanol–water partition coefficient (Wildman–Crippen LogP) is 2.08. The molecule has 0 saturated carbocycles. The monoisotopic (exact) mass is 346 g/mol. The van der Waals surface area contributed by atoms with Crippen LogP contribution in [0.5, 0.6) is 0 Å². The minimum atomic E-state index is -0.0191. The van der Waals surface area contributed by atoms with E-state index in [-0.39, 0.29) is 11.8 Å². The highest BCUT2D eigenvalue weighted by Gasteiger charge is 2.21. The minimum absolute atomic E-state index is 0.0191. The zero-order valence-electron chi connectivity index (χ0n) is 13.7. The molecule has 0 radical (unpaired) electrons. The van der Waals surface area contributed by atoms with Gasteiger partial charge in [0.2, 0.25) is 11.8 Å². The Morgan fingerprint density at radius 3 is 2.75 bits per heavy atom. The highest BCUT2D eigenvalue weighted by Crippen LogP contribution is 2.25. The van der Waals surface area contributed by atoms with Gasteiger partial charge in [-0.25, -0.2) is 4.98 Å². The van der Waals surface area contributed by atoms with Crippen molar-refractivity contribution < 1.29 is 9.59 Å². The summed E-state index contributed by atoms with van der Waals surface area (Å²) in [6.45, 7) is 4.44. The number of hydrogen-bond acceptors (Lipinski definition) is 5. The van der Waals surface area contributed by atoms with Gasteiger partial charge in [0, 0.05) is 13.5 Å². The van der Waals surface area contributed by atoms with Crippen molar-refractivity contribution in [1.29, 1.82) is 0 Å². The number of hydrogen-bond donors (Lipinski definition) is 2. The highest BCUT2D eigenvalue weighted by atomic mass is 32.1. The van der Waals surface area contributed by atoms with E-state index in [0.717, 1.165) is 42.7 Å². The molecule has 0 atom stereocenters. The van der Waals surface area contributed by atoms with Crippen molar-refractivity contribution in [3.8, 4) is 0 Å². The molecular weight excluding hydrogens is 324 g/mol. The second-order valence-electron chi connectivity index (χ2n) is 6.19. The van der Waals surface area contributed by atoms with E-state index in [2.05, 4.69) is 20.5 Å². The quantitative estimate of drug-likeness (QED) is 0.869. The Hall–Kier alpha value is -1.99. The molecule has 1 saturated heterocycles. The van der Waals surface area contributed by atoms with Gasteiger partial charge in [0.15, 0.2) is 5.13 Å². The molecule has 7 heteroatoms. The van der Waals surface area contributed by atoms with Crippen molar-refractivity contribution in [2.75, 3.05) is 31.5 Å². The van der Waals surface area contributed by atoms with Gasteiger partial charge in [-0.3, -0.25) is 14.5 Å². The van der Waals surface area contributed by atoms with Crippen LogP contribution in [0.15, 0.2) is 24.3 Å². The van der Waals surface area contributed by atoms with Crippen molar-refractivity contribution in [3.05, 3.63) is 24.3 Å². The number of anilines is 1. The SMILES string of the molecule is CC(=O)NCC1CCN(CC(=O)Nc2nc3ccccc3s2)CC1. The van der Waals surface area contributed by atoms with Crippen LogP contribution in [0.25, 0.3) is 10.2 Å². The molecule has 2 heterocycles. The van der Waals surface area contributed by atoms with E-state index < -0.39 is 0 Å². The van der Waals surface area contributed by atoms with Gasteiger partial charge in [-0.05, 0) is 44.0 Å². The molecule has 1 fully saturated rings. The van der Waals surface area contributed by atoms with Crippen LogP contribution < -0.4 is 10.6 Å². The third-order valence-corrected chi connectivity index (χ3v) is 5.21. The minimum Gasteiger partial charge on any atom is -0.356 e. The molecule has 3 rings (SSSR count). The zero-order valence-corrected chi connectivity index (χ0v) is 14.6. The molecule has 0 aliphatic carbocycles. The molecule has 2 aromatic rings. The average molecular weight is 346 g/mol. The fraction of sp³-hybridized carbons (Fsp3) is 0.471. The molecule has 128 valence electrons. The van der Waals surface area contributed by atoms with Gasteiger partial charge < -0.3 is 10.6 Å². The summed E-state index contributed by atoms with van der Waals surface area (Å²) in [4.78, 5) is 29.8. The summed E-state index contributed by atoms with van der Waals surface area (Å²) in [5.74, 6) is 0.513. The summed E-state index contributed by atoms with van der Waals surface area (Å²) in [6.07, 6.45) is 2.02.